The van der Waals surface area contributed by atoms with Crippen LogP contribution in [0.15, 0.2) is 0 Å². The van der Waals surface area contributed by atoms with Gasteiger partial charge in [0.25, 0.3) is 0 Å². The lowest BCUT2D eigenvalue weighted by Crippen LogP contribution is -2.54. The number of halogens is 1. The summed E-state index contributed by atoms with van der Waals surface area (Å²) in [7, 11) is 1.83. The quantitative estimate of drug-likeness (QED) is 0.854. The number of likely N-dealkylation sites (N-methyl/N-ethyl adjacent to an activating group) is 1. The van der Waals surface area contributed by atoms with Crippen molar-refractivity contribution in [2.75, 3.05) is 13.6 Å². The molecule has 0 radical (unpaired) electrons. The Hall–Kier alpha value is -0.640. The van der Waals surface area contributed by atoms with Gasteiger partial charge in [-0.05, 0) is 39.7 Å². The van der Waals surface area contributed by atoms with Gasteiger partial charge in [0, 0.05) is 18.5 Å². The molecule has 110 valence electrons. The van der Waals surface area contributed by atoms with Crippen LogP contribution in [0.4, 0.5) is 4.39 Å². The van der Waals surface area contributed by atoms with Crippen LogP contribution in [-0.4, -0.2) is 42.2 Å². The van der Waals surface area contributed by atoms with E-state index < -0.39 is 6.17 Å². The fraction of sp³-hybridized carbons (Fsp3) is 0.933. The minimum Gasteiger partial charge on any atom is -0.350 e. The van der Waals surface area contributed by atoms with Gasteiger partial charge in [-0.2, -0.15) is 0 Å². The van der Waals surface area contributed by atoms with E-state index in [4.69, 9.17) is 0 Å². The summed E-state index contributed by atoms with van der Waals surface area (Å²) in [4.78, 5) is 14.2. The minimum atomic E-state index is -0.862. The predicted octanol–water partition coefficient (Wildman–Crippen LogP) is 2.50. The second-order valence-corrected chi connectivity index (χ2v) is 6.83. The standard InChI is InChI=1S/C15H27FN2O/c1-15(2,11-7-5-4-6-8-11)17-14(19)13-9-12(16)10-18(13)3/h11-13H,4-10H2,1-3H3,(H,17,19)/t12-,13-/m0/s1. The SMILES string of the molecule is CN1C[C@@H](F)C[C@H]1C(=O)NC(C)(C)C1CCCCC1. The highest BCUT2D eigenvalue weighted by atomic mass is 19.1. The van der Waals surface area contributed by atoms with Crippen LogP contribution in [0.2, 0.25) is 0 Å². The molecule has 2 rings (SSSR count). The fourth-order valence-corrected chi connectivity index (χ4v) is 3.57. The molecule has 1 amide bonds. The molecule has 1 aliphatic carbocycles. The first-order valence-corrected chi connectivity index (χ1v) is 7.56. The highest BCUT2D eigenvalue weighted by molar-refractivity contribution is 5.82. The maximum Gasteiger partial charge on any atom is 0.237 e. The van der Waals surface area contributed by atoms with Crippen molar-refractivity contribution in [1.82, 2.24) is 10.2 Å². The molecule has 19 heavy (non-hydrogen) atoms. The van der Waals surface area contributed by atoms with Crippen LogP contribution >= 0.6 is 0 Å². The van der Waals surface area contributed by atoms with Crippen molar-refractivity contribution >= 4 is 5.91 Å². The molecule has 1 saturated heterocycles. The third kappa shape index (κ3) is 3.47. The van der Waals surface area contributed by atoms with E-state index in [1.54, 1.807) is 0 Å². The first-order chi connectivity index (χ1) is 8.90. The van der Waals surface area contributed by atoms with Gasteiger partial charge in [0.05, 0.1) is 6.04 Å². The Morgan fingerprint density at radius 2 is 1.89 bits per heavy atom. The zero-order valence-electron chi connectivity index (χ0n) is 12.4. The zero-order valence-corrected chi connectivity index (χ0v) is 12.4. The first kappa shape index (κ1) is 14.8. The third-order valence-corrected chi connectivity index (χ3v) is 4.87. The Morgan fingerprint density at radius 1 is 1.26 bits per heavy atom. The Morgan fingerprint density at radius 3 is 2.42 bits per heavy atom. The zero-order chi connectivity index (χ0) is 14.0. The number of rotatable bonds is 3. The summed E-state index contributed by atoms with van der Waals surface area (Å²) in [5.41, 5.74) is -0.174. The van der Waals surface area contributed by atoms with Crippen molar-refractivity contribution in [2.45, 2.75) is 70.1 Å². The van der Waals surface area contributed by atoms with Crippen molar-refractivity contribution in [2.24, 2.45) is 5.92 Å². The van der Waals surface area contributed by atoms with E-state index in [1.165, 1.54) is 32.1 Å². The number of carbonyl (C=O) groups is 1. The summed E-state index contributed by atoms with van der Waals surface area (Å²) in [6.45, 7) is 4.60. The molecule has 0 aromatic rings. The fourth-order valence-electron chi connectivity index (χ4n) is 3.57. The molecule has 2 aliphatic rings. The average molecular weight is 270 g/mol. The molecule has 2 atom stereocenters. The van der Waals surface area contributed by atoms with Crippen LogP contribution in [0.25, 0.3) is 0 Å². The van der Waals surface area contributed by atoms with E-state index in [0.717, 1.165) is 0 Å². The Bertz CT molecular complexity index is 326. The van der Waals surface area contributed by atoms with Gasteiger partial charge >= 0.3 is 0 Å². The average Bonchev–Trinajstić information content (AvgIpc) is 2.69. The lowest BCUT2D eigenvalue weighted by Gasteiger charge is -2.38. The summed E-state index contributed by atoms with van der Waals surface area (Å²) in [5, 5.41) is 3.17. The highest BCUT2D eigenvalue weighted by Crippen LogP contribution is 2.32. The monoisotopic (exact) mass is 270 g/mol. The van der Waals surface area contributed by atoms with Crippen LogP contribution in [0.5, 0.6) is 0 Å². The van der Waals surface area contributed by atoms with Gasteiger partial charge in [0.2, 0.25) is 5.91 Å². The van der Waals surface area contributed by atoms with E-state index in [1.807, 2.05) is 11.9 Å². The lowest BCUT2D eigenvalue weighted by atomic mass is 9.76. The smallest absolute Gasteiger partial charge is 0.237 e. The van der Waals surface area contributed by atoms with Gasteiger partial charge in [0.15, 0.2) is 0 Å². The second-order valence-electron chi connectivity index (χ2n) is 6.83. The molecule has 1 heterocycles. The summed E-state index contributed by atoms with van der Waals surface area (Å²) in [6, 6.07) is -0.294. The van der Waals surface area contributed by atoms with Crippen LogP contribution < -0.4 is 5.32 Å². The van der Waals surface area contributed by atoms with Crippen molar-refractivity contribution in [3.05, 3.63) is 0 Å². The molecule has 1 aliphatic heterocycles. The van der Waals surface area contributed by atoms with Crippen LogP contribution in [0, 0.1) is 5.92 Å². The Labute approximate surface area is 115 Å². The van der Waals surface area contributed by atoms with Gasteiger partial charge in [0.1, 0.15) is 6.17 Å². The number of alkyl halides is 1. The van der Waals surface area contributed by atoms with Crippen molar-refractivity contribution in [1.29, 1.82) is 0 Å². The molecule has 4 heteroatoms. The van der Waals surface area contributed by atoms with Gasteiger partial charge in [-0.3, -0.25) is 9.69 Å². The van der Waals surface area contributed by atoms with Gasteiger partial charge in [-0.1, -0.05) is 19.3 Å². The van der Waals surface area contributed by atoms with E-state index in [0.29, 0.717) is 18.9 Å². The molecule has 1 N–H and O–H groups in total. The molecule has 0 unspecified atom stereocenters. The van der Waals surface area contributed by atoms with Crippen molar-refractivity contribution in [3.63, 3.8) is 0 Å². The number of amides is 1. The van der Waals surface area contributed by atoms with E-state index >= 15 is 0 Å². The van der Waals surface area contributed by atoms with Gasteiger partial charge < -0.3 is 5.32 Å². The molecule has 1 saturated carbocycles. The summed E-state index contributed by atoms with van der Waals surface area (Å²) in [6.07, 6.45) is 5.70. The number of nitrogens with one attached hydrogen (secondary N) is 1. The third-order valence-electron chi connectivity index (χ3n) is 4.87. The first-order valence-electron chi connectivity index (χ1n) is 7.56. The molecule has 3 nitrogen and oxygen atoms in total. The normalized spacial score (nSPS) is 30.5. The molecule has 0 bridgehead atoms. The summed E-state index contributed by atoms with van der Waals surface area (Å²) >= 11 is 0. The molecular formula is C15H27FN2O. The number of hydrogen-bond donors (Lipinski definition) is 1. The molecule has 0 spiro atoms. The molecule has 0 aromatic carbocycles. The van der Waals surface area contributed by atoms with Crippen LogP contribution in [-0.2, 0) is 4.79 Å². The molecular weight excluding hydrogens is 243 g/mol. The topological polar surface area (TPSA) is 32.3 Å². The Balaban J connectivity index is 1.93. The number of likely N-dealkylation sites (tertiary alicyclic amines) is 1. The second kappa shape index (κ2) is 5.78. The lowest BCUT2D eigenvalue weighted by molar-refractivity contribution is -0.127. The largest absolute Gasteiger partial charge is 0.350 e. The minimum absolute atomic E-state index is 0.00164. The predicted molar refractivity (Wildman–Crippen MR) is 74.7 cm³/mol. The molecule has 2 fully saturated rings. The molecule has 0 aromatic heterocycles. The maximum atomic E-state index is 13.4. The van der Waals surface area contributed by atoms with Gasteiger partial charge in [-0.15, -0.1) is 0 Å². The van der Waals surface area contributed by atoms with Crippen molar-refractivity contribution in [3.8, 4) is 0 Å². The highest BCUT2D eigenvalue weighted by Gasteiger charge is 2.38. The summed E-state index contributed by atoms with van der Waals surface area (Å²) in [5.74, 6) is 0.552. The van der Waals surface area contributed by atoms with Crippen molar-refractivity contribution < 1.29 is 9.18 Å². The summed E-state index contributed by atoms with van der Waals surface area (Å²) < 4.78 is 13.4. The maximum absolute atomic E-state index is 13.4. The number of carbonyl (C=O) groups excluding carboxylic acids is 1. The number of hydrogen-bond acceptors (Lipinski definition) is 2. The van der Waals surface area contributed by atoms with E-state index in [9.17, 15) is 9.18 Å². The van der Waals surface area contributed by atoms with Crippen LogP contribution in [0.3, 0.4) is 0 Å². The van der Waals surface area contributed by atoms with E-state index in [2.05, 4.69) is 19.2 Å². The van der Waals surface area contributed by atoms with E-state index in [-0.39, 0.29) is 17.5 Å². The number of nitrogens with zero attached hydrogens (tertiary/aromatic N) is 1. The van der Waals surface area contributed by atoms with Gasteiger partial charge in [-0.25, -0.2) is 4.39 Å². The van der Waals surface area contributed by atoms with Crippen LogP contribution in [0.1, 0.15) is 52.4 Å². The Kier molecular flexibility index (Phi) is 4.49.